The molecule has 1 fully saturated rings. The summed E-state index contributed by atoms with van der Waals surface area (Å²) in [6.07, 6.45) is 4.72. The van der Waals surface area contributed by atoms with Crippen LogP contribution in [0.1, 0.15) is 54.2 Å². The Morgan fingerprint density at radius 1 is 1.24 bits per heavy atom. The largest absolute Gasteiger partial charge is 0.358 e. The maximum absolute atomic E-state index is 12.8. The number of H-pyrrole nitrogens is 1. The highest BCUT2D eigenvalue weighted by atomic mass is 16.2. The van der Waals surface area contributed by atoms with Gasteiger partial charge in [0, 0.05) is 34.7 Å². The molecule has 21 heavy (non-hydrogen) atoms. The first-order valence-electron chi connectivity index (χ1n) is 7.98. The molecule has 112 valence electrons. The van der Waals surface area contributed by atoms with Gasteiger partial charge in [-0.15, -0.1) is 0 Å². The summed E-state index contributed by atoms with van der Waals surface area (Å²) in [4.78, 5) is 18.3. The van der Waals surface area contributed by atoms with Crippen LogP contribution in [0.5, 0.6) is 0 Å². The van der Waals surface area contributed by atoms with Gasteiger partial charge in [0.25, 0.3) is 5.91 Å². The average Bonchev–Trinajstić information content (AvgIpc) is 2.65. The summed E-state index contributed by atoms with van der Waals surface area (Å²) in [6, 6.07) is 6.39. The molecular formula is C18H24N2O. The number of aryl methyl sites for hydroxylation is 2. The van der Waals surface area contributed by atoms with E-state index in [0.29, 0.717) is 6.04 Å². The van der Waals surface area contributed by atoms with Gasteiger partial charge in [-0.25, -0.2) is 0 Å². The molecule has 0 spiro atoms. The van der Waals surface area contributed by atoms with E-state index in [0.717, 1.165) is 30.5 Å². The third-order valence-electron chi connectivity index (χ3n) is 4.87. The monoisotopic (exact) mass is 284 g/mol. The van der Waals surface area contributed by atoms with E-state index in [-0.39, 0.29) is 5.91 Å². The molecule has 3 nitrogen and oxygen atoms in total. The molecule has 1 aliphatic heterocycles. The predicted molar refractivity (Wildman–Crippen MR) is 86.7 cm³/mol. The van der Waals surface area contributed by atoms with Gasteiger partial charge >= 0.3 is 0 Å². The highest BCUT2D eigenvalue weighted by Crippen LogP contribution is 2.24. The predicted octanol–water partition coefficient (Wildman–Crippen LogP) is 4.19. The van der Waals surface area contributed by atoms with Gasteiger partial charge in [0.05, 0.1) is 0 Å². The van der Waals surface area contributed by atoms with Crippen LogP contribution in [-0.4, -0.2) is 28.4 Å². The molecule has 2 aromatic rings. The molecule has 0 radical (unpaired) electrons. The number of rotatable bonds is 1. The van der Waals surface area contributed by atoms with Crippen molar-refractivity contribution in [3.63, 3.8) is 0 Å². The second kappa shape index (κ2) is 5.55. The van der Waals surface area contributed by atoms with E-state index in [1.165, 1.54) is 29.5 Å². The maximum atomic E-state index is 12.8. The molecule has 0 saturated carbocycles. The van der Waals surface area contributed by atoms with Crippen molar-refractivity contribution >= 4 is 16.8 Å². The Bertz CT molecular complexity index is 671. The van der Waals surface area contributed by atoms with Crippen molar-refractivity contribution in [3.05, 3.63) is 35.0 Å². The number of fused-ring (bicyclic) bond motifs is 1. The van der Waals surface area contributed by atoms with Crippen molar-refractivity contribution in [2.45, 2.75) is 52.5 Å². The lowest BCUT2D eigenvalue weighted by atomic mass is 10.1. The molecule has 1 aromatic heterocycles. The van der Waals surface area contributed by atoms with Crippen molar-refractivity contribution in [2.24, 2.45) is 0 Å². The number of benzene rings is 1. The third kappa shape index (κ3) is 2.57. The van der Waals surface area contributed by atoms with E-state index in [9.17, 15) is 4.79 Å². The van der Waals surface area contributed by atoms with Crippen LogP contribution in [0.3, 0.4) is 0 Å². The number of aromatic amines is 1. The smallest absolute Gasteiger partial charge is 0.254 e. The van der Waals surface area contributed by atoms with Gasteiger partial charge in [-0.1, -0.05) is 12.8 Å². The van der Waals surface area contributed by atoms with Crippen molar-refractivity contribution in [3.8, 4) is 0 Å². The summed E-state index contributed by atoms with van der Waals surface area (Å²) in [5.74, 6) is 0.185. The fraction of sp³-hybridized carbons (Fsp3) is 0.500. The van der Waals surface area contributed by atoms with Crippen molar-refractivity contribution in [1.29, 1.82) is 0 Å². The van der Waals surface area contributed by atoms with Crippen LogP contribution >= 0.6 is 0 Å². The lowest BCUT2D eigenvalue weighted by Crippen LogP contribution is -2.38. The Kier molecular flexibility index (Phi) is 3.75. The van der Waals surface area contributed by atoms with Crippen molar-refractivity contribution < 1.29 is 4.79 Å². The van der Waals surface area contributed by atoms with E-state index in [2.05, 4.69) is 30.7 Å². The Balaban J connectivity index is 1.95. The summed E-state index contributed by atoms with van der Waals surface area (Å²) in [5.41, 5.74) is 4.35. The van der Waals surface area contributed by atoms with Crippen molar-refractivity contribution in [1.82, 2.24) is 9.88 Å². The van der Waals surface area contributed by atoms with Crippen molar-refractivity contribution in [2.75, 3.05) is 6.54 Å². The highest BCUT2D eigenvalue weighted by Gasteiger charge is 2.23. The van der Waals surface area contributed by atoms with E-state index in [1.807, 2.05) is 18.2 Å². The molecular weight excluding hydrogens is 260 g/mol. The molecule has 1 aromatic carbocycles. The molecule has 2 heterocycles. The minimum atomic E-state index is 0.185. The lowest BCUT2D eigenvalue weighted by molar-refractivity contribution is 0.0698. The molecule has 1 saturated heterocycles. The van der Waals surface area contributed by atoms with E-state index < -0.39 is 0 Å². The third-order valence-corrected chi connectivity index (χ3v) is 4.87. The fourth-order valence-electron chi connectivity index (χ4n) is 3.34. The molecule has 1 unspecified atom stereocenters. The number of hydrogen-bond donors (Lipinski definition) is 1. The number of carbonyl (C=O) groups excluding carboxylic acids is 1. The molecule has 3 rings (SSSR count). The SMILES string of the molecule is Cc1[nH]c2ccc(C(=O)N3CCCCCC3C)cc2c1C. The number of aromatic nitrogens is 1. The summed E-state index contributed by atoms with van der Waals surface area (Å²) in [5, 5.41) is 1.17. The van der Waals surface area contributed by atoms with E-state index >= 15 is 0 Å². The van der Waals surface area contributed by atoms with Gasteiger partial charge in [-0.05, 0) is 57.4 Å². The first kappa shape index (κ1) is 14.2. The van der Waals surface area contributed by atoms with Gasteiger partial charge in [0.2, 0.25) is 0 Å². The number of nitrogens with one attached hydrogen (secondary N) is 1. The van der Waals surface area contributed by atoms with Crippen LogP contribution < -0.4 is 0 Å². The first-order chi connectivity index (χ1) is 10.1. The Labute approximate surface area is 126 Å². The zero-order valence-corrected chi connectivity index (χ0v) is 13.2. The Morgan fingerprint density at radius 2 is 2.05 bits per heavy atom. The van der Waals surface area contributed by atoms with E-state index in [1.54, 1.807) is 0 Å². The molecule has 0 bridgehead atoms. The maximum Gasteiger partial charge on any atom is 0.254 e. The zero-order valence-electron chi connectivity index (χ0n) is 13.2. The standard InChI is InChI=1S/C18H24N2O/c1-12-7-5-4-6-10-20(12)18(21)15-8-9-17-16(11-15)13(2)14(3)19-17/h8-9,11-12,19H,4-7,10H2,1-3H3. The minimum absolute atomic E-state index is 0.185. The topological polar surface area (TPSA) is 36.1 Å². The van der Waals surface area contributed by atoms with Gasteiger partial charge < -0.3 is 9.88 Å². The number of hydrogen-bond acceptors (Lipinski definition) is 1. The average molecular weight is 284 g/mol. The first-order valence-corrected chi connectivity index (χ1v) is 7.98. The highest BCUT2D eigenvalue weighted by molar-refractivity contribution is 5.99. The zero-order chi connectivity index (χ0) is 15.0. The van der Waals surface area contributed by atoms with Gasteiger partial charge in [-0.2, -0.15) is 0 Å². The lowest BCUT2D eigenvalue weighted by Gasteiger charge is -2.27. The van der Waals surface area contributed by atoms with Crippen LogP contribution in [0.15, 0.2) is 18.2 Å². The van der Waals surface area contributed by atoms with Crippen LogP contribution in [0, 0.1) is 13.8 Å². The molecule has 1 amide bonds. The minimum Gasteiger partial charge on any atom is -0.358 e. The summed E-state index contributed by atoms with van der Waals surface area (Å²) in [6.45, 7) is 7.25. The van der Waals surface area contributed by atoms with Crippen LogP contribution in [0.4, 0.5) is 0 Å². The Hall–Kier alpha value is -1.77. The molecule has 1 atom stereocenters. The molecule has 3 heteroatoms. The number of carbonyl (C=O) groups is 1. The molecule has 0 aliphatic carbocycles. The van der Waals surface area contributed by atoms with Crippen LogP contribution in [0.25, 0.3) is 10.9 Å². The quantitative estimate of drug-likeness (QED) is 0.837. The number of likely N-dealkylation sites (tertiary alicyclic amines) is 1. The summed E-state index contributed by atoms with van der Waals surface area (Å²) in [7, 11) is 0. The molecule has 1 aliphatic rings. The second-order valence-electron chi connectivity index (χ2n) is 6.33. The normalized spacial score (nSPS) is 19.8. The Morgan fingerprint density at radius 3 is 2.86 bits per heavy atom. The van der Waals surface area contributed by atoms with Gasteiger partial charge in [0.1, 0.15) is 0 Å². The summed E-state index contributed by atoms with van der Waals surface area (Å²) >= 11 is 0. The van der Waals surface area contributed by atoms with Crippen LogP contribution in [-0.2, 0) is 0 Å². The van der Waals surface area contributed by atoms with E-state index in [4.69, 9.17) is 0 Å². The van der Waals surface area contributed by atoms with Gasteiger partial charge in [-0.3, -0.25) is 4.79 Å². The van der Waals surface area contributed by atoms with Gasteiger partial charge in [0.15, 0.2) is 0 Å². The van der Waals surface area contributed by atoms with Crippen LogP contribution in [0.2, 0.25) is 0 Å². The number of nitrogens with zero attached hydrogens (tertiary/aromatic N) is 1. The molecule has 1 N–H and O–H groups in total. The second-order valence-corrected chi connectivity index (χ2v) is 6.33. The summed E-state index contributed by atoms with van der Waals surface area (Å²) < 4.78 is 0. The number of amides is 1. The fourth-order valence-corrected chi connectivity index (χ4v) is 3.34.